The maximum atomic E-state index is 11.4. The molecule has 2 heterocycles. The van der Waals surface area contributed by atoms with Crippen LogP contribution in [0.2, 0.25) is 0 Å². The van der Waals surface area contributed by atoms with Gasteiger partial charge in [-0.1, -0.05) is 6.92 Å². The molecule has 3 nitrogen and oxygen atoms in total. The molecule has 1 unspecified atom stereocenters. The van der Waals surface area contributed by atoms with Crippen LogP contribution >= 0.6 is 0 Å². The van der Waals surface area contributed by atoms with E-state index in [1.54, 1.807) is 6.92 Å². The Morgan fingerprint density at radius 2 is 2.19 bits per heavy atom. The molecule has 1 aromatic rings. The topological polar surface area (TPSA) is 25.2 Å². The zero-order chi connectivity index (χ0) is 11.9. The van der Waals surface area contributed by atoms with E-state index in [0.29, 0.717) is 12.0 Å². The number of rotatable bonds is 1. The lowest BCUT2D eigenvalue weighted by Gasteiger charge is -2.32. The minimum atomic E-state index is 0.176. The Bertz CT molecular complexity index is 406. The highest BCUT2D eigenvalue weighted by atomic mass is 16.2. The summed E-state index contributed by atoms with van der Waals surface area (Å²) in [5, 5.41) is 0. The minimum absolute atomic E-state index is 0.176. The Morgan fingerprint density at radius 3 is 2.75 bits per heavy atom. The molecule has 1 aromatic heterocycles. The van der Waals surface area contributed by atoms with E-state index in [0.717, 1.165) is 13.1 Å². The first-order valence-corrected chi connectivity index (χ1v) is 5.95. The average molecular weight is 220 g/mol. The summed E-state index contributed by atoms with van der Waals surface area (Å²) in [5.41, 5.74) is 2.72. The fourth-order valence-corrected chi connectivity index (χ4v) is 2.58. The largest absolute Gasteiger partial charge is 0.348 e. The molecule has 1 atom stereocenters. The van der Waals surface area contributed by atoms with Gasteiger partial charge in [0.2, 0.25) is 5.91 Å². The zero-order valence-electron chi connectivity index (χ0n) is 10.5. The van der Waals surface area contributed by atoms with E-state index in [1.807, 2.05) is 4.90 Å². The van der Waals surface area contributed by atoms with Gasteiger partial charge >= 0.3 is 0 Å². The molecule has 16 heavy (non-hydrogen) atoms. The Balaban J connectivity index is 2.36. The van der Waals surface area contributed by atoms with Gasteiger partial charge in [-0.15, -0.1) is 0 Å². The Morgan fingerprint density at radius 1 is 1.50 bits per heavy atom. The zero-order valence-corrected chi connectivity index (χ0v) is 10.5. The number of amides is 1. The number of nitrogens with zero attached hydrogens (tertiary/aromatic N) is 2. The molecule has 3 heteroatoms. The number of fused-ring (bicyclic) bond motifs is 1. The number of hydrogen-bond donors (Lipinski definition) is 0. The smallest absolute Gasteiger partial charge is 0.219 e. The SMILES string of the molecule is CC(=O)N1Cc2ccn(C(C)C)c2C(C)C1. The fraction of sp³-hybridized carbons (Fsp3) is 0.615. The molecule has 1 amide bonds. The third-order valence-corrected chi connectivity index (χ3v) is 3.37. The third kappa shape index (κ3) is 1.75. The van der Waals surface area contributed by atoms with Crippen LogP contribution in [-0.4, -0.2) is 21.9 Å². The average Bonchev–Trinajstić information content (AvgIpc) is 2.61. The van der Waals surface area contributed by atoms with Crippen molar-refractivity contribution >= 4 is 5.91 Å². The molecule has 0 fully saturated rings. The first-order valence-electron chi connectivity index (χ1n) is 5.95. The fourth-order valence-electron chi connectivity index (χ4n) is 2.58. The van der Waals surface area contributed by atoms with E-state index < -0.39 is 0 Å². The van der Waals surface area contributed by atoms with Crippen LogP contribution in [0.15, 0.2) is 12.3 Å². The Kier molecular flexibility index (Phi) is 2.78. The van der Waals surface area contributed by atoms with E-state index >= 15 is 0 Å². The van der Waals surface area contributed by atoms with Gasteiger partial charge in [-0.25, -0.2) is 0 Å². The summed E-state index contributed by atoms with van der Waals surface area (Å²) in [6.07, 6.45) is 2.15. The van der Waals surface area contributed by atoms with Crippen molar-refractivity contribution in [3.05, 3.63) is 23.5 Å². The van der Waals surface area contributed by atoms with E-state index in [-0.39, 0.29) is 5.91 Å². The van der Waals surface area contributed by atoms with Gasteiger partial charge in [-0.05, 0) is 25.5 Å². The van der Waals surface area contributed by atoms with Gasteiger partial charge in [0, 0.05) is 43.9 Å². The van der Waals surface area contributed by atoms with Crippen LogP contribution in [-0.2, 0) is 11.3 Å². The quantitative estimate of drug-likeness (QED) is 0.714. The second kappa shape index (κ2) is 3.96. The molecule has 2 rings (SSSR count). The molecule has 0 bridgehead atoms. The first-order chi connectivity index (χ1) is 7.50. The highest BCUT2D eigenvalue weighted by Crippen LogP contribution is 2.30. The summed E-state index contributed by atoms with van der Waals surface area (Å²) in [6, 6.07) is 2.65. The standard InChI is InChI=1S/C13H20N2O/c1-9(2)15-6-5-12-8-14(11(4)16)7-10(3)13(12)15/h5-6,9-10H,7-8H2,1-4H3. The van der Waals surface area contributed by atoms with Gasteiger partial charge in [0.1, 0.15) is 0 Å². The molecule has 88 valence electrons. The summed E-state index contributed by atoms with van der Waals surface area (Å²) in [4.78, 5) is 13.3. The molecule has 0 aliphatic carbocycles. The van der Waals surface area contributed by atoms with Crippen molar-refractivity contribution in [2.75, 3.05) is 6.54 Å². The summed E-state index contributed by atoms with van der Waals surface area (Å²) in [7, 11) is 0. The summed E-state index contributed by atoms with van der Waals surface area (Å²) in [6.45, 7) is 9.87. The van der Waals surface area contributed by atoms with E-state index in [4.69, 9.17) is 0 Å². The van der Waals surface area contributed by atoms with Crippen LogP contribution in [0.1, 0.15) is 50.9 Å². The lowest BCUT2D eigenvalue weighted by Crippen LogP contribution is -2.36. The number of aromatic nitrogens is 1. The number of carbonyl (C=O) groups excluding carboxylic acids is 1. The third-order valence-electron chi connectivity index (χ3n) is 3.37. The van der Waals surface area contributed by atoms with Crippen LogP contribution in [0.25, 0.3) is 0 Å². The molecular weight excluding hydrogens is 200 g/mol. The second-order valence-corrected chi connectivity index (χ2v) is 5.03. The molecule has 0 aromatic carbocycles. The molecule has 0 saturated carbocycles. The lowest BCUT2D eigenvalue weighted by atomic mass is 9.98. The molecular formula is C13H20N2O. The second-order valence-electron chi connectivity index (χ2n) is 5.03. The highest BCUT2D eigenvalue weighted by molar-refractivity contribution is 5.73. The monoisotopic (exact) mass is 220 g/mol. The lowest BCUT2D eigenvalue weighted by molar-refractivity contribution is -0.130. The van der Waals surface area contributed by atoms with Crippen molar-refractivity contribution in [1.29, 1.82) is 0 Å². The van der Waals surface area contributed by atoms with Gasteiger partial charge in [0.15, 0.2) is 0 Å². The van der Waals surface area contributed by atoms with Crippen molar-refractivity contribution in [1.82, 2.24) is 9.47 Å². The van der Waals surface area contributed by atoms with Gasteiger partial charge in [-0.2, -0.15) is 0 Å². The Hall–Kier alpha value is -1.25. The molecule has 1 aliphatic rings. The highest BCUT2D eigenvalue weighted by Gasteiger charge is 2.27. The number of hydrogen-bond acceptors (Lipinski definition) is 1. The van der Waals surface area contributed by atoms with E-state index in [1.165, 1.54) is 11.3 Å². The predicted molar refractivity (Wildman–Crippen MR) is 64.3 cm³/mol. The molecule has 0 radical (unpaired) electrons. The van der Waals surface area contributed by atoms with Gasteiger partial charge in [-0.3, -0.25) is 4.79 Å². The van der Waals surface area contributed by atoms with Gasteiger partial charge < -0.3 is 9.47 Å². The normalized spacial score (nSPS) is 20.1. The van der Waals surface area contributed by atoms with Crippen molar-refractivity contribution in [3.8, 4) is 0 Å². The van der Waals surface area contributed by atoms with Crippen LogP contribution in [0, 0.1) is 0 Å². The first kappa shape index (κ1) is 11.2. The molecule has 0 saturated heterocycles. The van der Waals surface area contributed by atoms with Crippen molar-refractivity contribution < 1.29 is 4.79 Å². The maximum Gasteiger partial charge on any atom is 0.219 e. The van der Waals surface area contributed by atoms with Crippen LogP contribution in [0.5, 0.6) is 0 Å². The summed E-state index contributed by atoms with van der Waals surface area (Å²) < 4.78 is 2.33. The van der Waals surface area contributed by atoms with Crippen LogP contribution in [0.4, 0.5) is 0 Å². The number of carbonyl (C=O) groups is 1. The minimum Gasteiger partial charge on any atom is -0.348 e. The van der Waals surface area contributed by atoms with Crippen molar-refractivity contribution in [2.45, 2.75) is 46.2 Å². The summed E-state index contributed by atoms with van der Waals surface area (Å²) >= 11 is 0. The molecule has 0 spiro atoms. The van der Waals surface area contributed by atoms with Crippen molar-refractivity contribution in [3.63, 3.8) is 0 Å². The van der Waals surface area contributed by atoms with Crippen LogP contribution < -0.4 is 0 Å². The van der Waals surface area contributed by atoms with E-state index in [2.05, 4.69) is 37.6 Å². The van der Waals surface area contributed by atoms with Gasteiger partial charge in [0.25, 0.3) is 0 Å². The van der Waals surface area contributed by atoms with Crippen LogP contribution in [0.3, 0.4) is 0 Å². The predicted octanol–water partition coefficient (Wildman–Crippen LogP) is 2.53. The summed E-state index contributed by atoms with van der Waals surface area (Å²) in [5.74, 6) is 0.611. The van der Waals surface area contributed by atoms with Gasteiger partial charge in [0.05, 0.1) is 0 Å². The molecule has 1 aliphatic heterocycles. The Labute approximate surface area is 97.1 Å². The molecule has 0 N–H and O–H groups in total. The maximum absolute atomic E-state index is 11.4. The van der Waals surface area contributed by atoms with Crippen molar-refractivity contribution in [2.24, 2.45) is 0 Å². The van der Waals surface area contributed by atoms with E-state index in [9.17, 15) is 4.79 Å².